The van der Waals surface area contributed by atoms with Crippen LogP contribution in [0.1, 0.15) is 101 Å². The van der Waals surface area contributed by atoms with Gasteiger partial charge in [-0.1, -0.05) is 46.0 Å². The predicted octanol–water partition coefficient (Wildman–Crippen LogP) is 6.92. The molecule has 0 spiro atoms. The van der Waals surface area contributed by atoms with Crippen LogP contribution in [-0.4, -0.2) is 53.6 Å². The third-order valence-corrected chi connectivity index (χ3v) is 7.49. The number of epoxide rings is 1. The largest absolute Gasteiger partial charge is 0.488 e. The van der Waals surface area contributed by atoms with Gasteiger partial charge < -0.3 is 18.9 Å². The predicted molar refractivity (Wildman–Crippen MR) is 145 cm³/mol. The van der Waals surface area contributed by atoms with Gasteiger partial charge >= 0.3 is 0 Å². The van der Waals surface area contributed by atoms with Gasteiger partial charge in [-0.15, -0.1) is 0 Å². The van der Waals surface area contributed by atoms with E-state index in [1.807, 2.05) is 0 Å². The maximum Gasteiger partial charge on any atom is 0.287 e. The lowest BCUT2D eigenvalue weighted by molar-refractivity contribution is -0.0501. The van der Waals surface area contributed by atoms with Crippen LogP contribution in [0, 0.1) is 5.95 Å². The Balaban J connectivity index is 1.27. The first kappa shape index (κ1) is 30.5. The number of hydrogen-bond acceptors (Lipinski definition) is 7. The summed E-state index contributed by atoms with van der Waals surface area (Å²) in [6.07, 6.45) is 12.8. The normalized spacial score (nSPS) is 21.2. The fraction of sp³-hybridized carbons (Fsp3) is 0.700. The fourth-order valence-electron chi connectivity index (χ4n) is 5.05. The summed E-state index contributed by atoms with van der Waals surface area (Å²) in [5.74, 6) is -5.69. The molecule has 0 bridgehead atoms. The van der Waals surface area contributed by atoms with Gasteiger partial charge in [-0.05, 0) is 44.1 Å². The zero-order valence-corrected chi connectivity index (χ0v) is 23.7. The minimum atomic E-state index is -3.51. The number of aromatic nitrogens is 3. The highest BCUT2D eigenvalue weighted by Crippen LogP contribution is 2.49. The van der Waals surface area contributed by atoms with E-state index in [9.17, 15) is 4.39 Å². The van der Waals surface area contributed by atoms with Gasteiger partial charge in [0, 0.05) is 19.3 Å². The number of halogens is 3. The first-order valence-corrected chi connectivity index (χ1v) is 14.8. The summed E-state index contributed by atoms with van der Waals surface area (Å²) in [4.78, 5) is 12.0. The summed E-state index contributed by atoms with van der Waals surface area (Å²) in [7, 11) is 0. The van der Waals surface area contributed by atoms with Crippen LogP contribution in [0.5, 0.6) is 11.6 Å². The highest BCUT2D eigenvalue weighted by atomic mass is 19.3. The molecule has 3 atom stereocenters. The number of fused-ring (bicyclic) bond motifs is 1. The second-order valence-corrected chi connectivity index (χ2v) is 10.7. The van der Waals surface area contributed by atoms with E-state index in [0.29, 0.717) is 32.0 Å². The molecule has 1 fully saturated rings. The molecule has 10 heteroatoms. The van der Waals surface area contributed by atoms with Gasteiger partial charge in [-0.3, -0.25) is 0 Å². The van der Waals surface area contributed by atoms with Gasteiger partial charge in [0.25, 0.3) is 5.92 Å². The number of aryl methyl sites for hydroxylation is 1. The van der Waals surface area contributed by atoms with Crippen molar-refractivity contribution in [1.82, 2.24) is 15.0 Å². The summed E-state index contributed by atoms with van der Waals surface area (Å²) in [6.45, 7) is 6.35. The molecule has 0 aromatic carbocycles. The minimum absolute atomic E-state index is 0.0259. The van der Waals surface area contributed by atoms with E-state index in [1.54, 1.807) is 0 Å². The topological polar surface area (TPSA) is 78.9 Å². The highest BCUT2D eigenvalue weighted by Gasteiger charge is 2.50. The van der Waals surface area contributed by atoms with Crippen molar-refractivity contribution in [3.8, 4) is 11.6 Å². The number of unbranched alkanes of at least 4 members (excludes halogenated alkanes) is 5. The third-order valence-electron chi connectivity index (χ3n) is 7.49. The quantitative estimate of drug-likeness (QED) is 0.110. The number of nitrogens with zero attached hydrogens (tertiary/aromatic N) is 3. The van der Waals surface area contributed by atoms with Gasteiger partial charge in [0.1, 0.15) is 18.5 Å². The average molecular weight is 566 g/mol. The van der Waals surface area contributed by atoms with E-state index < -0.39 is 23.4 Å². The van der Waals surface area contributed by atoms with Crippen molar-refractivity contribution in [2.75, 3.05) is 26.4 Å². The van der Waals surface area contributed by atoms with Gasteiger partial charge in [-0.2, -0.15) is 9.37 Å². The Morgan fingerprint density at radius 1 is 0.925 bits per heavy atom. The molecule has 40 heavy (non-hydrogen) atoms. The first-order valence-electron chi connectivity index (χ1n) is 14.8. The SMILES string of the molecule is CCCCCCC1OC1COc1cnc(C2CCc3cc(OCCCCOCCCC)nc(F)c3C2(F)F)nc1. The van der Waals surface area contributed by atoms with E-state index in [-0.39, 0.29) is 42.3 Å². The van der Waals surface area contributed by atoms with Crippen LogP contribution in [0.3, 0.4) is 0 Å². The van der Waals surface area contributed by atoms with Crippen molar-refractivity contribution in [3.05, 3.63) is 41.4 Å². The Morgan fingerprint density at radius 2 is 1.68 bits per heavy atom. The van der Waals surface area contributed by atoms with Crippen molar-refractivity contribution in [2.24, 2.45) is 0 Å². The maximum absolute atomic E-state index is 15.5. The number of pyridine rings is 1. The monoisotopic (exact) mass is 565 g/mol. The highest BCUT2D eigenvalue weighted by molar-refractivity contribution is 5.38. The Hall–Kier alpha value is -2.46. The van der Waals surface area contributed by atoms with Crippen LogP contribution < -0.4 is 9.47 Å². The summed E-state index contributed by atoms with van der Waals surface area (Å²) in [6, 6.07) is 1.43. The van der Waals surface area contributed by atoms with E-state index in [4.69, 9.17) is 18.9 Å². The molecule has 0 saturated carbocycles. The van der Waals surface area contributed by atoms with Gasteiger partial charge in [0.05, 0.1) is 36.6 Å². The zero-order chi connectivity index (χ0) is 28.4. The van der Waals surface area contributed by atoms with Gasteiger partial charge in [0.2, 0.25) is 11.8 Å². The van der Waals surface area contributed by atoms with Gasteiger partial charge in [-0.25, -0.2) is 18.7 Å². The molecule has 3 unspecified atom stereocenters. The van der Waals surface area contributed by atoms with Crippen molar-refractivity contribution in [3.63, 3.8) is 0 Å². The smallest absolute Gasteiger partial charge is 0.287 e. The molecular formula is C30H42F3N3O4. The third kappa shape index (κ3) is 8.28. The van der Waals surface area contributed by atoms with E-state index in [0.717, 1.165) is 38.7 Å². The fourth-order valence-corrected chi connectivity index (χ4v) is 5.05. The number of ether oxygens (including phenoxy) is 4. The van der Waals surface area contributed by atoms with Crippen LogP contribution in [0.25, 0.3) is 0 Å². The lowest BCUT2D eigenvalue weighted by atomic mass is 9.80. The van der Waals surface area contributed by atoms with Crippen LogP contribution in [0.15, 0.2) is 18.5 Å². The van der Waals surface area contributed by atoms with E-state index in [1.165, 1.54) is 37.7 Å². The molecule has 2 aromatic heterocycles. The van der Waals surface area contributed by atoms with Crippen LogP contribution in [0.2, 0.25) is 0 Å². The lowest BCUT2D eigenvalue weighted by Gasteiger charge is -2.32. The molecule has 0 N–H and O–H groups in total. The van der Waals surface area contributed by atoms with Crippen LogP contribution >= 0.6 is 0 Å². The number of rotatable bonds is 18. The molecule has 1 aliphatic heterocycles. The Bertz CT molecular complexity index is 1060. The minimum Gasteiger partial charge on any atom is -0.488 e. The molecule has 0 amide bonds. The number of alkyl halides is 2. The molecule has 2 aromatic rings. The van der Waals surface area contributed by atoms with E-state index >= 15 is 8.78 Å². The summed E-state index contributed by atoms with van der Waals surface area (Å²) >= 11 is 0. The van der Waals surface area contributed by atoms with Crippen molar-refractivity contribution in [2.45, 2.75) is 109 Å². The van der Waals surface area contributed by atoms with Gasteiger partial charge in [0.15, 0.2) is 5.75 Å². The van der Waals surface area contributed by atoms with Crippen molar-refractivity contribution < 1.29 is 32.1 Å². The maximum atomic E-state index is 15.5. The Labute approximate surface area is 235 Å². The Morgan fingerprint density at radius 3 is 2.45 bits per heavy atom. The molecule has 4 rings (SSSR count). The zero-order valence-electron chi connectivity index (χ0n) is 23.7. The van der Waals surface area contributed by atoms with Crippen molar-refractivity contribution >= 4 is 0 Å². The second-order valence-electron chi connectivity index (χ2n) is 10.7. The first-order chi connectivity index (χ1) is 19.4. The average Bonchev–Trinajstić information content (AvgIpc) is 3.69. The molecular weight excluding hydrogens is 523 g/mol. The molecule has 7 nitrogen and oxygen atoms in total. The summed E-state index contributed by atoms with van der Waals surface area (Å²) in [5.41, 5.74) is -0.486. The molecule has 1 saturated heterocycles. The molecule has 2 aliphatic rings. The summed E-state index contributed by atoms with van der Waals surface area (Å²) < 4.78 is 68.3. The molecule has 0 radical (unpaired) electrons. The van der Waals surface area contributed by atoms with E-state index in [2.05, 4.69) is 28.8 Å². The molecule has 1 aliphatic carbocycles. The van der Waals surface area contributed by atoms with Crippen LogP contribution in [0.4, 0.5) is 13.2 Å². The standard InChI is InChI=1S/C30H42F3N3O4/c1-3-5-7-8-11-24-25(40-24)20-39-22-18-34-29(35-19-22)23-13-12-21-17-26(36-28(31)27(21)30(23,32)33)38-16-10-9-15-37-14-6-4-2/h17-19,23-25H,3-16,20H2,1-2H3. The summed E-state index contributed by atoms with van der Waals surface area (Å²) in [5, 5.41) is 0. The van der Waals surface area contributed by atoms with Crippen molar-refractivity contribution in [1.29, 1.82) is 0 Å². The Kier molecular flexibility index (Phi) is 11.4. The molecule has 222 valence electrons. The van der Waals surface area contributed by atoms with Crippen LogP contribution in [-0.2, 0) is 21.8 Å². The molecule has 3 heterocycles. The number of hydrogen-bond donors (Lipinski definition) is 0. The lowest BCUT2D eigenvalue weighted by Crippen LogP contribution is -2.33. The second kappa shape index (κ2) is 15.0.